The highest BCUT2D eigenvalue weighted by Crippen LogP contribution is 2.29. The van der Waals surface area contributed by atoms with Gasteiger partial charge in [-0.05, 0) is 42.3 Å². The molecule has 110 valence electrons. The summed E-state index contributed by atoms with van der Waals surface area (Å²) in [5.74, 6) is -0.138. The van der Waals surface area contributed by atoms with Crippen LogP contribution in [0, 0.1) is 0 Å². The molecule has 0 bridgehead atoms. The summed E-state index contributed by atoms with van der Waals surface area (Å²) in [6.07, 6.45) is 0.395. The van der Waals surface area contributed by atoms with Crippen molar-refractivity contribution in [3.05, 3.63) is 59.1 Å². The number of rotatable bonds is 6. The zero-order valence-electron chi connectivity index (χ0n) is 11.5. The molecule has 0 spiro atoms. The highest BCUT2D eigenvalue weighted by atomic mass is 35.5. The van der Waals surface area contributed by atoms with E-state index >= 15 is 0 Å². The van der Waals surface area contributed by atoms with Gasteiger partial charge in [0, 0.05) is 9.92 Å². The summed E-state index contributed by atoms with van der Waals surface area (Å²) in [4.78, 5) is 12.4. The topological polar surface area (TPSA) is 46.5 Å². The first-order valence-electron chi connectivity index (χ1n) is 6.37. The van der Waals surface area contributed by atoms with Crippen molar-refractivity contribution in [2.45, 2.75) is 16.6 Å². The van der Waals surface area contributed by atoms with Gasteiger partial charge in [-0.2, -0.15) is 0 Å². The minimum Gasteiger partial charge on any atom is -0.496 e. The highest BCUT2D eigenvalue weighted by molar-refractivity contribution is 8.00. The molecule has 5 heteroatoms. The number of methoxy groups -OCH3 is 1. The van der Waals surface area contributed by atoms with Gasteiger partial charge in [0.15, 0.2) is 0 Å². The molecular weight excluding hydrogens is 308 g/mol. The van der Waals surface area contributed by atoms with E-state index in [0.717, 1.165) is 10.5 Å². The summed E-state index contributed by atoms with van der Waals surface area (Å²) in [5, 5.41) is 9.48. The van der Waals surface area contributed by atoms with E-state index in [-0.39, 0.29) is 0 Å². The van der Waals surface area contributed by atoms with Gasteiger partial charge in [0.1, 0.15) is 11.0 Å². The lowest BCUT2D eigenvalue weighted by atomic mass is 10.1. The summed E-state index contributed by atoms with van der Waals surface area (Å²) in [5.41, 5.74) is 0.883. The minimum absolute atomic E-state index is 0.395. The molecule has 0 aliphatic carbocycles. The van der Waals surface area contributed by atoms with Gasteiger partial charge in [0.2, 0.25) is 0 Å². The number of ether oxygens (including phenoxy) is 1. The Hall–Kier alpha value is -1.65. The van der Waals surface area contributed by atoms with Crippen LogP contribution in [0.3, 0.4) is 0 Å². The van der Waals surface area contributed by atoms with E-state index < -0.39 is 11.2 Å². The quantitative estimate of drug-likeness (QED) is 0.812. The number of hydrogen-bond donors (Lipinski definition) is 1. The molecule has 0 unspecified atom stereocenters. The second-order valence-electron chi connectivity index (χ2n) is 4.41. The summed E-state index contributed by atoms with van der Waals surface area (Å²) in [7, 11) is 1.58. The molecule has 21 heavy (non-hydrogen) atoms. The van der Waals surface area contributed by atoms with Gasteiger partial charge in [0.25, 0.3) is 0 Å². The summed E-state index contributed by atoms with van der Waals surface area (Å²) in [6, 6.07) is 14.6. The number of carboxylic acids is 1. The number of benzene rings is 2. The molecule has 2 aromatic carbocycles. The van der Waals surface area contributed by atoms with Gasteiger partial charge in [-0.15, -0.1) is 11.8 Å². The van der Waals surface area contributed by atoms with Crippen molar-refractivity contribution in [1.29, 1.82) is 0 Å². The summed E-state index contributed by atoms with van der Waals surface area (Å²) < 4.78 is 5.27. The number of para-hydroxylation sites is 1. The van der Waals surface area contributed by atoms with Crippen molar-refractivity contribution in [1.82, 2.24) is 0 Å². The van der Waals surface area contributed by atoms with Crippen molar-refractivity contribution < 1.29 is 14.6 Å². The fraction of sp³-hybridized carbons (Fsp3) is 0.188. The zero-order valence-corrected chi connectivity index (χ0v) is 13.0. The van der Waals surface area contributed by atoms with Crippen LogP contribution in [0.4, 0.5) is 0 Å². The van der Waals surface area contributed by atoms with Gasteiger partial charge in [-0.3, -0.25) is 4.79 Å². The van der Waals surface area contributed by atoms with E-state index in [1.165, 1.54) is 11.8 Å². The largest absolute Gasteiger partial charge is 0.496 e. The van der Waals surface area contributed by atoms with Gasteiger partial charge < -0.3 is 9.84 Å². The fourth-order valence-corrected chi connectivity index (χ4v) is 3.04. The van der Waals surface area contributed by atoms with Crippen molar-refractivity contribution >= 4 is 29.3 Å². The fourth-order valence-electron chi connectivity index (χ4n) is 1.93. The van der Waals surface area contributed by atoms with Crippen molar-refractivity contribution in [2.75, 3.05) is 7.11 Å². The van der Waals surface area contributed by atoms with Crippen LogP contribution < -0.4 is 4.74 Å². The van der Waals surface area contributed by atoms with Crippen LogP contribution in [0.25, 0.3) is 0 Å². The Kier molecular flexibility index (Phi) is 5.53. The maximum Gasteiger partial charge on any atom is 0.317 e. The van der Waals surface area contributed by atoms with E-state index in [2.05, 4.69) is 0 Å². The highest BCUT2D eigenvalue weighted by Gasteiger charge is 2.21. The summed E-state index contributed by atoms with van der Waals surface area (Å²) in [6.45, 7) is 0. The molecule has 0 fully saturated rings. The second-order valence-corrected chi connectivity index (χ2v) is 6.13. The minimum atomic E-state index is -0.846. The van der Waals surface area contributed by atoms with Crippen LogP contribution in [-0.4, -0.2) is 23.4 Å². The van der Waals surface area contributed by atoms with Gasteiger partial charge in [-0.25, -0.2) is 0 Å². The molecule has 2 aromatic rings. The lowest BCUT2D eigenvalue weighted by molar-refractivity contribution is -0.136. The molecule has 0 radical (unpaired) electrons. The van der Waals surface area contributed by atoms with Crippen molar-refractivity contribution in [3.63, 3.8) is 0 Å². The van der Waals surface area contributed by atoms with Crippen LogP contribution in [-0.2, 0) is 11.2 Å². The van der Waals surface area contributed by atoms with Crippen LogP contribution in [0.1, 0.15) is 5.56 Å². The van der Waals surface area contributed by atoms with Crippen LogP contribution in [0.2, 0.25) is 5.02 Å². The van der Waals surface area contributed by atoms with E-state index in [0.29, 0.717) is 17.2 Å². The molecule has 2 rings (SSSR count). The Bertz CT molecular complexity index is 613. The number of thioether (sulfide) groups is 1. The molecule has 0 amide bonds. The predicted molar refractivity (Wildman–Crippen MR) is 85.4 cm³/mol. The Morgan fingerprint density at radius 2 is 1.90 bits per heavy atom. The smallest absolute Gasteiger partial charge is 0.317 e. The summed E-state index contributed by atoms with van der Waals surface area (Å²) >= 11 is 7.14. The Morgan fingerprint density at radius 1 is 1.24 bits per heavy atom. The maximum absolute atomic E-state index is 11.5. The van der Waals surface area contributed by atoms with Gasteiger partial charge in [0.05, 0.1) is 7.11 Å². The van der Waals surface area contributed by atoms with Crippen LogP contribution in [0.15, 0.2) is 53.4 Å². The van der Waals surface area contributed by atoms with E-state index in [9.17, 15) is 9.90 Å². The second kappa shape index (κ2) is 7.38. The van der Waals surface area contributed by atoms with Crippen LogP contribution in [0.5, 0.6) is 5.75 Å². The molecule has 0 aliphatic heterocycles. The SMILES string of the molecule is COc1ccccc1C[C@@H](Sc1ccc(Cl)cc1)C(=O)O. The Labute approximate surface area is 132 Å². The van der Waals surface area contributed by atoms with Crippen LogP contribution >= 0.6 is 23.4 Å². The Balaban J connectivity index is 2.16. The van der Waals surface area contributed by atoms with E-state index in [4.69, 9.17) is 16.3 Å². The number of hydrogen-bond acceptors (Lipinski definition) is 3. The van der Waals surface area contributed by atoms with Crippen molar-refractivity contribution in [2.24, 2.45) is 0 Å². The first-order valence-corrected chi connectivity index (χ1v) is 7.63. The third kappa shape index (κ3) is 4.41. The third-order valence-electron chi connectivity index (χ3n) is 2.97. The molecular formula is C16H15ClO3S. The monoisotopic (exact) mass is 322 g/mol. The third-order valence-corrected chi connectivity index (χ3v) is 4.41. The number of halogens is 1. The molecule has 0 saturated heterocycles. The number of carbonyl (C=O) groups is 1. The molecule has 1 N–H and O–H groups in total. The molecule has 0 heterocycles. The van der Waals surface area contributed by atoms with Crippen molar-refractivity contribution in [3.8, 4) is 5.75 Å². The first kappa shape index (κ1) is 15.7. The molecule has 0 saturated carbocycles. The molecule has 0 aromatic heterocycles. The predicted octanol–water partition coefficient (Wildman–Crippen LogP) is 4.14. The first-order chi connectivity index (χ1) is 10.1. The van der Waals surface area contributed by atoms with E-state index in [1.54, 1.807) is 19.2 Å². The number of aliphatic carboxylic acids is 1. The Morgan fingerprint density at radius 3 is 2.52 bits per heavy atom. The standard InChI is InChI=1S/C16H15ClO3S/c1-20-14-5-3-2-4-11(14)10-15(16(18)19)21-13-8-6-12(17)7-9-13/h2-9,15H,10H2,1H3,(H,18,19)/t15-/m1/s1. The van der Waals surface area contributed by atoms with E-state index in [1.807, 2.05) is 36.4 Å². The van der Waals surface area contributed by atoms with Gasteiger partial charge >= 0.3 is 5.97 Å². The molecule has 0 aliphatic rings. The lowest BCUT2D eigenvalue weighted by Crippen LogP contribution is -2.19. The molecule has 1 atom stereocenters. The maximum atomic E-state index is 11.5. The molecule has 3 nitrogen and oxygen atoms in total. The normalized spacial score (nSPS) is 11.9. The van der Waals surface area contributed by atoms with Gasteiger partial charge in [-0.1, -0.05) is 29.8 Å². The lowest BCUT2D eigenvalue weighted by Gasteiger charge is -2.14. The average Bonchev–Trinajstić information content (AvgIpc) is 2.49. The number of carboxylic acid groups (broad SMARTS) is 1. The average molecular weight is 323 g/mol. The zero-order chi connectivity index (χ0) is 15.2.